The molecular formula is C7H9O2. The van der Waals surface area contributed by atoms with Crippen molar-refractivity contribution in [3.05, 3.63) is 30.9 Å². The van der Waals surface area contributed by atoms with Gasteiger partial charge in [-0.25, -0.2) is 0 Å². The first-order valence-corrected chi connectivity index (χ1v) is 2.48. The summed E-state index contributed by atoms with van der Waals surface area (Å²) < 4.78 is 0. The van der Waals surface area contributed by atoms with Gasteiger partial charge in [-0.05, 0) is 18.6 Å². The van der Waals surface area contributed by atoms with Gasteiger partial charge in [0.25, 0.3) is 0 Å². The number of carbonyl (C=O) groups is 1. The third-order valence-electron chi connectivity index (χ3n) is 0.814. The van der Waals surface area contributed by atoms with Crippen LogP contribution in [0.5, 0.6) is 0 Å². The van der Waals surface area contributed by atoms with Crippen LogP contribution in [0.1, 0.15) is 6.92 Å². The van der Waals surface area contributed by atoms with Crippen LogP contribution in [0.3, 0.4) is 0 Å². The highest BCUT2D eigenvalue weighted by atomic mass is 16.3. The number of Topliss-reactive ketones (excluding diaryl/α,β-unsaturated/α-hetero) is 1. The van der Waals surface area contributed by atoms with Crippen molar-refractivity contribution in [1.82, 2.24) is 0 Å². The smallest absolute Gasteiger partial charge is 0.197 e. The van der Waals surface area contributed by atoms with Gasteiger partial charge in [0, 0.05) is 0 Å². The van der Waals surface area contributed by atoms with E-state index in [9.17, 15) is 4.79 Å². The molecule has 0 aromatic carbocycles. The number of hydrogen-bond donors (Lipinski definition) is 1. The fourth-order valence-corrected chi connectivity index (χ4v) is 0.311. The molecule has 0 aliphatic rings. The molecule has 49 valence electrons. The lowest BCUT2D eigenvalue weighted by Gasteiger charge is -1.98. The molecule has 0 bridgehead atoms. The fraction of sp³-hybridized carbons (Fsp3) is 0.143. The number of carbonyl (C=O) groups excluding carboxylic acids is 1. The summed E-state index contributed by atoms with van der Waals surface area (Å²) in [6, 6.07) is 0. The Labute approximate surface area is 54.5 Å². The Bertz CT molecular complexity index is 147. The maximum absolute atomic E-state index is 10.6. The second-order valence-electron chi connectivity index (χ2n) is 1.70. The molecule has 0 amide bonds. The molecule has 0 saturated carbocycles. The van der Waals surface area contributed by atoms with E-state index >= 15 is 0 Å². The number of aliphatic hydroxyl groups is 1. The zero-order valence-corrected chi connectivity index (χ0v) is 5.35. The van der Waals surface area contributed by atoms with E-state index in [1.54, 1.807) is 0 Å². The van der Waals surface area contributed by atoms with Gasteiger partial charge in [-0.1, -0.05) is 13.2 Å². The first-order valence-electron chi connectivity index (χ1n) is 2.48. The normalized spacial score (nSPS) is 9.22. The van der Waals surface area contributed by atoms with E-state index in [-0.39, 0.29) is 6.10 Å². The minimum atomic E-state index is -0.454. The summed E-state index contributed by atoms with van der Waals surface area (Å²) >= 11 is 0. The molecular weight excluding hydrogens is 116 g/mol. The van der Waals surface area contributed by atoms with Gasteiger partial charge >= 0.3 is 0 Å². The zero-order valence-electron chi connectivity index (χ0n) is 5.35. The lowest BCUT2D eigenvalue weighted by atomic mass is 10.1. The van der Waals surface area contributed by atoms with E-state index in [0.717, 1.165) is 6.08 Å². The van der Waals surface area contributed by atoms with Crippen molar-refractivity contribution < 1.29 is 9.90 Å². The van der Waals surface area contributed by atoms with Crippen molar-refractivity contribution in [1.29, 1.82) is 0 Å². The third kappa shape index (κ3) is 2.24. The second kappa shape index (κ2) is 3.20. The van der Waals surface area contributed by atoms with Gasteiger partial charge < -0.3 is 5.11 Å². The molecule has 0 aromatic rings. The van der Waals surface area contributed by atoms with Crippen molar-refractivity contribution in [2.75, 3.05) is 0 Å². The largest absolute Gasteiger partial charge is 0.374 e. The highest BCUT2D eigenvalue weighted by Crippen LogP contribution is 2.03. The number of rotatable bonds is 3. The Morgan fingerprint density at radius 2 is 2.11 bits per heavy atom. The maximum Gasteiger partial charge on any atom is 0.197 e. The van der Waals surface area contributed by atoms with Gasteiger partial charge in [-0.3, -0.25) is 4.79 Å². The van der Waals surface area contributed by atoms with Crippen LogP contribution in [-0.4, -0.2) is 10.9 Å². The Morgan fingerprint density at radius 3 is 2.22 bits per heavy atom. The molecule has 9 heavy (non-hydrogen) atoms. The van der Waals surface area contributed by atoms with Crippen LogP contribution in [0.15, 0.2) is 24.8 Å². The number of hydrogen-bond acceptors (Lipinski definition) is 2. The highest BCUT2D eigenvalue weighted by molar-refractivity contribution is 6.04. The van der Waals surface area contributed by atoms with Crippen molar-refractivity contribution in [2.24, 2.45) is 0 Å². The topological polar surface area (TPSA) is 37.3 Å². The van der Waals surface area contributed by atoms with Crippen molar-refractivity contribution in [3.8, 4) is 0 Å². The summed E-state index contributed by atoms with van der Waals surface area (Å²) in [4.78, 5) is 10.6. The first-order chi connectivity index (χ1) is 4.09. The molecule has 0 fully saturated rings. The predicted octanol–water partition coefficient (Wildman–Crippen LogP) is 1.22. The molecule has 0 atom stereocenters. The Balaban J connectivity index is 4.03. The van der Waals surface area contributed by atoms with Crippen LogP contribution in [0.2, 0.25) is 0 Å². The average Bonchev–Trinajstić information content (AvgIpc) is 1.84. The lowest BCUT2D eigenvalue weighted by molar-refractivity contribution is -0.116. The van der Waals surface area contributed by atoms with Gasteiger partial charge in [-0.2, -0.15) is 0 Å². The molecule has 1 N–H and O–H groups in total. The van der Waals surface area contributed by atoms with Gasteiger partial charge in [0.15, 0.2) is 11.9 Å². The molecule has 0 heterocycles. The van der Waals surface area contributed by atoms with Crippen LogP contribution in [0.4, 0.5) is 0 Å². The summed E-state index contributed by atoms with van der Waals surface area (Å²) in [7, 11) is 0. The predicted molar refractivity (Wildman–Crippen MR) is 35.2 cm³/mol. The molecule has 0 rings (SSSR count). The molecule has 0 aliphatic carbocycles. The van der Waals surface area contributed by atoms with E-state index < -0.39 is 5.78 Å². The van der Waals surface area contributed by atoms with E-state index in [0.29, 0.717) is 5.57 Å². The van der Waals surface area contributed by atoms with Crippen LogP contribution in [-0.2, 0) is 4.79 Å². The monoisotopic (exact) mass is 125 g/mol. The molecule has 2 nitrogen and oxygen atoms in total. The van der Waals surface area contributed by atoms with Gasteiger partial charge in [0.05, 0.1) is 0 Å². The summed E-state index contributed by atoms with van der Waals surface area (Å²) in [5.74, 6) is -0.454. The lowest BCUT2D eigenvalue weighted by Crippen LogP contribution is -2.08. The average molecular weight is 125 g/mol. The Kier molecular flexibility index (Phi) is 2.88. The van der Waals surface area contributed by atoms with Crippen molar-refractivity contribution >= 4 is 5.78 Å². The first kappa shape index (κ1) is 8.11. The molecule has 1 radical (unpaired) electrons. The van der Waals surface area contributed by atoms with Crippen LogP contribution < -0.4 is 0 Å². The summed E-state index contributed by atoms with van der Waals surface area (Å²) in [6.07, 6.45) is 0.749. The standard InChI is InChI=1S/C7H9O2/c1-4-6(8)7(9)5(2)3/h4,8H,1-2H2,3H3. The second-order valence-corrected chi connectivity index (χ2v) is 1.70. The van der Waals surface area contributed by atoms with Crippen molar-refractivity contribution in [3.63, 3.8) is 0 Å². The van der Waals surface area contributed by atoms with Crippen LogP contribution in [0, 0.1) is 6.10 Å². The quantitative estimate of drug-likeness (QED) is 0.576. The van der Waals surface area contributed by atoms with Crippen LogP contribution in [0.25, 0.3) is 0 Å². The number of ketones is 1. The minimum absolute atomic E-state index is 0.312. The Hall–Kier alpha value is -0.890. The highest BCUT2D eigenvalue weighted by Gasteiger charge is 2.11. The minimum Gasteiger partial charge on any atom is -0.374 e. The Morgan fingerprint density at radius 1 is 1.67 bits per heavy atom. The van der Waals surface area contributed by atoms with Crippen LogP contribution >= 0.6 is 0 Å². The fourth-order valence-electron chi connectivity index (χ4n) is 0.311. The van der Waals surface area contributed by atoms with E-state index in [1.807, 2.05) is 0 Å². The van der Waals surface area contributed by atoms with Gasteiger partial charge in [0.2, 0.25) is 0 Å². The summed E-state index contributed by atoms with van der Waals surface area (Å²) in [5, 5.41) is 8.69. The van der Waals surface area contributed by atoms with Gasteiger partial charge in [-0.15, -0.1) is 0 Å². The summed E-state index contributed by atoms with van der Waals surface area (Å²) in [5.41, 5.74) is 0.312. The molecule has 0 aliphatic heterocycles. The SMILES string of the molecule is C=C[C](O)C(=O)C(=C)C. The summed E-state index contributed by atoms with van der Waals surface area (Å²) in [6.45, 7) is 8.09. The third-order valence-corrected chi connectivity index (χ3v) is 0.814. The maximum atomic E-state index is 10.6. The zero-order chi connectivity index (χ0) is 7.44. The molecule has 0 spiro atoms. The molecule has 0 unspecified atom stereocenters. The van der Waals surface area contributed by atoms with Crippen molar-refractivity contribution in [2.45, 2.75) is 6.92 Å². The van der Waals surface area contributed by atoms with E-state index in [4.69, 9.17) is 5.11 Å². The van der Waals surface area contributed by atoms with Gasteiger partial charge in [0.1, 0.15) is 0 Å². The molecule has 0 aromatic heterocycles. The van der Waals surface area contributed by atoms with E-state index in [2.05, 4.69) is 13.2 Å². The van der Waals surface area contributed by atoms with E-state index in [1.165, 1.54) is 6.92 Å². The molecule has 0 saturated heterocycles. The molecule has 2 heteroatoms. The number of aliphatic hydroxyl groups excluding tert-OH is 1.